The van der Waals surface area contributed by atoms with Crippen molar-refractivity contribution in [2.75, 3.05) is 11.4 Å². The topological polar surface area (TPSA) is 29.0 Å². The van der Waals surface area contributed by atoms with Gasteiger partial charge in [0.05, 0.1) is 6.04 Å². The molecule has 1 aliphatic heterocycles. The van der Waals surface area contributed by atoms with E-state index >= 15 is 0 Å². The molecule has 29 heavy (non-hydrogen) atoms. The van der Waals surface area contributed by atoms with Crippen molar-refractivity contribution >= 4 is 18.2 Å². The standard InChI is InChI=1S/C25H29N3.ClH/c1-16-11-12-23-20(5)28(14-13-22(23)15-16)25-17(2)19(4)26-24(27-25)18(3)21-9-7-6-8-10-21;/h6-12,15,18,20H,13-14H2,1-5H3;1H. The lowest BCUT2D eigenvalue weighted by Crippen LogP contribution is -2.35. The zero-order valence-electron chi connectivity index (χ0n) is 17.9. The molecule has 0 N–H and O–H groups in total. The molecular weight excluding hydrogens is 378 g/mol. The molecule has 0 amide bonds. The Morgan fingerprint density at radius 1 is 1.00 bits per heavy atom. The Bertz CT molecular complexity index is 1000. The maximum atomic E-state index is 5.09. The molecule has 1 aliphatic rings. The average molecular weight is 408 g/mol. The van der Waals surface area contributed by atoms with Gasteiger partial charge in [-0.25, -0.2) is 9.97 Å². The van der Waals surface area contributed by atoms with Crippen LogP contribution in [0.15, 0.2) is 48.5 Å². The van der Waals surface area contributed by atoms with Crippen molar-refractivity contribution in [1.82, 2.24) is 9.97 Å². The monoisotopic (exact) mass is 407 g/mol. The number of halogens is 1. The number of rotatable bonds is 3. The van der Waals surface area contributed by atoms with Crippen molar-refractivity contribution in [3.05, 3.63) is 87.9 Å². The first-order valence-electron chi connectivity index (χ1n) is 10.2. The van der Waals surface area contributed by atoms with E-state index in [0.717, 1.165) is 30.3 Å². The maximum Gasteiger partial charge on any atom is 0.138 e. The molecule has 0 saturated carbocycles. The van der Waals surface area contributed by atoms with E-state index in [-0.39, 0.29) is 18.3 Å². The SMILES string of the molecule is Cc1ccc2c(c1)CCN(c1nc(C(C)c3ccccc3)nc(C)c1C)C2C.Cl. The Labute approximate surface area is 180 Å². The van der Waals surface area contributed by atoms with Crippen LogP contribution < -0.4 is 4.90 Å². The first-order chi connectivity index (χ1) is 13.5. The average Bonchev–Trinajstić information content (AvgIpc) is 2.70. The summed E-state index contributed by atoms with van der Waals surface area (Å²) < 4.78 is 0. The molecule has 0 bridgehead atoms. The molecule has 1 aromatic heterocycles. The number of hydrogen-bond donors (Lipinski definition) is 0. The van der Waals surface area contributed by atoms with E-state index < -0.39 is 0 Å². The predicted octanol–water partition coefficient (Wildman–Crippen LogP) is 6.10. The van der Waals surface area contributed by atoms with Crippen molar-refractivity contribution in [1.29, 1.82) is 0 Å². The third-order valence-electron chi connectivity index (χ3n) is 6.18. The summed E-state index contributed by atoms with van der Waals surface area (Å²) in [6.07, 6.45) is 1.06. The van der Waals surface area contributed by atoms with Gasteiger partial charge < -0.3 is 4.90 Å². The second-order valence-corrected chi connectivity index (χ2v) is 8.07. The van der Waals surface area contributed by atoms with Crippen LogP contribution in [0.4, 0.5) is 5.82 Å². The fourth-order valence-corrected chi connectivity index (χ4v) is 4.25. The highest BCUT2D eigenvalue weighted by atomic mass is 35.5. The Hall–Kier alpha value is -2.39. The van der Waals surface area contributed by atoms with Crippen LogP contribution in [0.5, 0.6) is 0 Å². The summed E-state index contributed by atoms with van der Waals surface area (Å²) in [5, 5.41) is 0. The van der Waals surface area contributed by atoms with Crippen LogP contribution in [0.3, 0.4) is 0 Å². The van der Waals surface area contributed by atoms with Gasteiger partial charge in [-0.05, 0) is 50.8 Å². The van der Waals surface area contributed by atoms with E-state index in [1.54, 1.807) is 0 Å². The van der Waals surface area contributed by atoms with Gasteiger partial charge in [-0.15, -0.1) is 12.4 Å². The summed E-state index contributed by atoms with van der Waals surface area (Å²) in [5.41, 5.74) is 7.75. The van der Waals surface area contributed by atoms with Crippen molar-refractivity contribution in [2.24, 2.45) is 0 Å². The van der Waals surface area contributed by atoms with Gasteiger partial charge in [-0.2, -0.15) is 0 Å². The highest BCUT2D eigenvalue weighted by molar-refractivity contribution is 5.85. The Morgan fingerprint density at radius 2 is 1.72 bits per heavy atom. The van der Waals surface area contributed by atoms with Gasteiger partial charge >= 0.3 is 0 Å². The molecule has 0 saturated heterocycles. The second kappa shape index (κ2) is 8.54. The van der Waals surface area contributed by atoms with Crippen molar-refractivity contribution < 1.29 is 0 Å². The lowest BCUT2D eigenvalue weighted by atomic mass is 9.91. The van der Waals surface area contributed by atoms with Crippen LogP contribution in [0.1, 0.15) is 65.1 Å². The molecule has 0 spiro atoms. The fourth-order valence-electron chi connectivity index (χ4n) is 4.25. The van der Waals surface area contributed by atoms with E-state index in [1.807, 2.05) is 0 Å². The lowest BCUT2D eigenvalue weighted by molar-refractivity contribution is 0.609. The minimum atomic E-state index is 0. The highest BCUT2D eigenvalue weighted by Crippen LogP contribution is 2.36. The first kappa shape index (κ1) is 21.3. The van der Waals surface area contributed by atoms with Gasteiger partial charge in [-0.3, -0.25) is 0 Å². The molecule has 4 rings (SSSR count). The highest BCUT2D eigenvalue weighted by Gasteiger charge is 2.27. The third-order valence-corrected chi connectivity index (χ3v) is 6.18. The number of benzene rings is 2. The normalized spacial score (nSPS) is 16.7. The minimum absolute atomic E-state index is 0. The molecule has 0 radical (unpaired) electrons. The number of hydrogen-bond acceptors (Lipinski definition) is 3. The van der Waals surface area contributed by atoms with E-state index in [9.17, 15) is 0 Å². The van der Waals surface area contributed by atoms with Gasteiger partial charge in [0.2, 0.25) is 0 Å². The summed E-state index contributed by atoms with van der Waals surface area (Å²) in [6, 6.07) is 17.7. The summed E-state index contributed by atoms with van der Waals surface area (Å²) in [7, 11) is 0. The minimum Gasteiger partial charge on any atom is -0.349 e. The summed E-state index contributed by atoms with van der Waals surface area (Å²) in [4.78, 5) is 12.4. The smallest absolute Gasteiger partial charge is 0.138 e. The molecule has 3 aromatic rings. The number of fused-ring (bicyclic) bond motifs is 1. The van der Waals surface area contributed by atoms with Crippen LogP contribution >= 0.6 is 12.4 Å². The second-order valence-electron chi connectivity index (χ2n) is 8.07. The first-order valence-corrected chi connectivity index (χ1v) is 10.2. The Kier molecular flexibility index (Phi) is 6.28. The van der Waals surface area contributed by atoms with E-state index in [2.05, 4.69) is 88.0 Å². The Morgan fingerprint density at radius 3 is 2.45 bits per heavy atom. The quantitative estimate of drug-likeness (QED) is 0.525. The summed E-state index contributed by atoms with van der Waals surface area (Å²) >= 11 is 0. The molecule has 0 aliphatic carbocycles. The van der Waals surface area contributed by atoms with Crippen LogP contribution in [-0.2, 0) is 6.42 Å². The van der Waals surface area contributed by atoms with Gasteiger partial charge in [-0.1, -0.05) is 61.0 Å². The number of aryl methyl sites for hydroxylation is 2. The maximum absolute atomic E-state index is 5.09. The van der Waals surface area contributed by atoms with E-state index in [4.69, 9.17) is 9.97 Å². The predicted molar refractivity (Wildman–Crippen MR) is 123 cm³/mol. The van der Waals surface area contributed by atoms with E-state index in [1.165, 1.54) is 27.8 Å². The lowest BCUT2D eigenvalue weighted by Gasteiger charge is -2.37. The molecule has 152 valence electrons. The number of nitrogens with zero attached hydrogens (tertiary/aromatic N) is 3. The molecule has 0 fully saturated rings. The largest absolute Gasteiger partial charge is 0.349 e. The summed E-state index contributed by atoms with van der Waals surface area (Å²) in [6.45, 7) is 11.9. The molecule has 2 heterocycles. The fraction of sp³-hybridized carbons (Fsp3) is 0.360. The third kappa shape index (κ3) is 4.02. The van der Waals surface area contributed by atoms with Crippen molar-refractivity contribution in [3.8, 4) is 0 Å². The number of anilines is 1. The zero-order chi connectivity index (χ0) is 19.8. The van der Waals surface area contributed by atoms with Gasteiger partial charge in [0.1, 0.15) is 11.6 Å². The summed E-state index contributed by atoms with van der Waals surface area (Å²) in [5.74, 6) is 2.17. The molecule has 4 heteroatoms. The molecule has 2 unspecified atom stereocenters. The zero-order valence-corrected chi connectivity index (χ0v) is 18.8. The van der Waals surface area contributed by atoms with Gasteiger partial charge in [0.15, 0.2) is 0 Å². The van der Waals surface area contributed by atoms with Crippen molar-refractivity contribution in [3.63, 3.8) is 0 Å². The van der Waals surface area contributed by atoms with Crippen LogP contribution in [0.2, 0.25) is 0 Å². The van der Waals surface area contributed by atoms with Gasteiger partial charge in [0, 0.05) is 23.7 Å². The molecule has 2 aromatic carbocycles. The van der Waals surface area contributed by atoms with Crippen LogP contribution in [0, 0.1) is 20.8 Å². The Balaban J connectivity index is 0.00000240. The number of aromatic nitrogens is 2. The van der Waals surface area contributed by atoms with E-state index in [0.29, 0.717) is 6.04 Å². The van der Waals surface area contributed by atoms with Crippen LogP contribution in [0.25, 0.3) is 0 Å². The molecule has 3 nitrogen and oxygen atoms in total. The molecular formula is C25H30ClN3. The van der Waals surface area contributed by atoms with Crippen LogP contribution in [-0.4, -0.2) is 16.5 Å². The van der Waals surface area contributed by atoms with Crippen molar-refractivity contribution in [2.45, 2.75) is 53.0 Å². The van der Waals surface area contributed by atoms with Gasteiger partial charge in [0.25, 0.3) is 0 Å². The molecule has 2 atom stereocenters.